The summed E-state index contributed by atoms with van der Waals surface area (Å²) in [5.74, 6) is 5.87. The fraction of sp³-hybridized carbons (Fsp3) is 0.0833. The van der Waals surface area contributed by atoms with E-state index in [1.54, 1.807) is 23.5 Å². The third-order valence-corrected chi connectivity index (χ3v) is 2.60. The average Bonchev–Trinajstić information content (AvgIpc) is 2.96. The van der Waals surface area contributed by atoms with Gasteiger partial charge in [-0.3, -0.25) is 4.79 Å². The minimum absolute atomic E-state index is 0.245. The lowest BCUT2D eigenvalue weighted by Crippen LogP contribution is -2.22. The highest BCUT2D eigenvalue weighted by Crippen LogP contribution is 2.05. The first-order valence-corrected chi connectivity index (χ1v) is 5.58. The van der Waals surface area contributed by atoms with Gasteiger partial charge in [-0.25, -0.2) is 0 Å². The molecule has 0 aromatic carbocycles. The number of carbonyl (C=O) groups is 1. The molecule has 0 bridgehead atoms. The minimum Gasteiger partial charge on any atom is -0.459 e. The summed E-state index contributed by atoms with van der Waals surface area (Å²) in [7, 11) is 0. The zero-order valence-electron chi connectivity index (χ0n) is 8.40. The summed E-state index contributed by atoms with van der Waals surface area (Å²) in [6.45, 7) is 0.317. The van der Waals surface area contributed by atoms with Crippen LogP contribution < -0.4 is 5.32 Å². The van der Waals surface area contributed by atoms with Crippen LogP contribution in [-0.4, -0.2) is 12.5 Å². The van der Waals surface area contributed by atoms with E-state index in [0.29, 0.717) is 12.3 Å². The molecule has 16 heavy (non-hydrogen) atoms. The molecule has 80 valence electrons. The van der Waals surface area contributed by atoms with Crippen LogP contribution in [0.3, 0.4) is 0 Å². The third-order valence-electron chi connectivity index (χ3n) is 1.82. The molecule has 1 N–H and O–H groups in total. The Morgan fingerprint density at radius 1 is 1.44 bits per heavy atom. The second-order valence-electron chi connectivity index (χ2n) is 2.94. The van der Waals surface area contributed by atoms with Gasteiger partial charge < -0.3 is 9.73 Å². The van der Waals surface area contributed by atoms with Gasteiger partial charge in [-0.05, 0) is 23.6 Å². The lowest BCUT2D eigenvalue weighted by Gasteiger charge is -1.95. The molecule has 0 aliphatic carbocycles. The van der Waals surface area contributed by atoms with Gasteiger partial charge in [0.2, 0.25) is 0 Å². The highest BCUT2D eigenvalue weighted by molar-refractivity contribution is 7.10. The zero-order chi connectivity index (χ0) is 11.2. The standard InChI is InChI=1S/C12H9NO2S/c14-12(11-6-2-8-15-11)13-7-1-4-10-5-3-9-16-10/h2-3,5-6,8-9H,7H2,(H,13,14). The van der Waals surface area contributed by atoms with Crippen LogP contribution in [0.2, 0.25) is 0 Å². The maximum absolute atomic E-state index is 11.4. The van der Waals surface area contributed by atoms with Crippen molar-refractivity contribution in [3.8, 4) is 11.8 Å². The van der Waals surface area contributed by atoms with Crippen molar-refractivity contribution >= 4 is 17.2 Å². The van der Waals surface area contributed by atoms with Crippen molar-refractivity contribution in [3.05, 3.63) is 46.5 Å². The van der Waals surface area contributed by atoms with Crippen LogP contribution in [0.25, 0.3) is 0 Å². The van der Waals surface area contributed by atoms with Crippen molar-refractivity contribution in [3.63, 3.8) is 0 Å². The lowest BCUT2D eigenvalue weighted by molar-refractivity contribution is 0.0931. The van der Waals surface area contributed by atoms with Crippen LogP contribution in [0, 0.1) is 11.8 Å². The molecule has 0 aliphatic rings. The van der Waals surface area contributed by atoms with Crippen LogP contribution in [0.15, 0.2) is 40.3 Å². The summed E-state index contributed by atoms with van der Waals surface area (Å²) in [5, 5.41) is 4.61. The van der Waals surface area contributed by atoms with Gasteiger partial charge in [0.1, 0.15) is 0 Å². The Labute approximate surface area is 97.1 Å². The number of carbonyl (C=O) groups excluding carboxylic acids is 1. The van der Waals surface area contributed by atoms with E-state index in [9.17, 15) is 4.79 Å². The van der Waals surface area contributed by atoms with Crippen molar-refractivity contribution in [1.82, 2.24) is 5.32 Å². The van der Waals surface area contributed by atoms with Gasteiger partial charge in [-0.15, -0.1) is 11.3 Å². The van der Waals surface area contributed by atoms with E-state index in [1.165, 1.54) is 6.26 Å². The molecule has 0 radical (unpaired) electrons. The Hall–Kier alpha value is -1.99. The van der Waals surface area contributed by atoms with Gasteiger partial charge in [-0.2, -0.15) is 0 Å². The molecule has 4 heteroatoms. The number of nitrogens with one attached hydrogen (secondary N) is 1. The fourth-order valence-electron chi connectivity index (χ4n) is 1.10. The molecular weight excluding hydrogens is 222 g/mol. The fourth-order valence-corrected chi connectivity index (χ4v) is 1.69. The Balaban J connectivity index is 1.83. The van der Waals surface area contributed by atoms with Crippen LogP contribution >= 0.6 is 11.3 Å². The van der Waals surface area contributed by atoms with Crippen molar-refractivity contribution in [1.29, 1.82) is 0 Å². The van der Waals surface area contributed by atoms with E-state index in [0.717, 1.165) is 4.88 Å². The number of furan rings is 1. The van der Waals surface area contributed by atoms with Crippen LogP contribution in [-0.2, 0) is 0 Å². The molecule has 0 saturated carbocycles. The first-order valence-electron chi connectivity index (χ1n) is 4.70. The van der Waals surface area contributed by atoms with Crippen molar-refractivity contribution in [2.45, 2.75) is 0 Å². The van der Waals surface area contributed by atoms with E-state index in [2.05, 4.69) is 17.2 Å². The van der Waals surface area contributed by atoms with Crippen molar-refractivity contribution in [2.75, 3.05) is 6.54 Å². The van der Waals surface area contributed by atoms with Gasteiger partial charge in [0.25, 0.3) is 5.91 Å². The van der Waals surface area contributed by atoms with Gasteiger partial charge in [0.05, 0.1) is 17.7 Å². The lowest BCUT2D eigenvalue weighted by atomic mass is 10.4. The van der Waals surface area contributed by atoms with Gasteiger partial charge >= 0.3 is 0 Å². The molecule has 0 spiro atoms. The Morgan fingerprint density at radius 2 is 2.38 bits per heavy atom. The largest absolute Gasteiger partial charge is 0.459 e. The van der Waals surface area contributed by atoms with E-state index in [1.807, 2.05) is 17.5 Å². The number of hydrogen-bond acceptors (Lipinski definition) is 3. The molecule has 2 heterocycles. The molecule has 0 atom stereocenters. The number of rotatable bonds is 2. The Kier molecular flexibility index (Phi) is 3.42. The van der Waals surface area contributed by atoms with Gasteiger partial charge in [0.15, 0.2) is 5.76 Å². The number of hydrogen-bond donors (Lipinski definition) is 1. The van der Waals surface area contributed by atoms with E-state index >= 15 is 0 Å². The van der Waals surface area contributed by atoms with Crippen molar-refractivity contribution < 1.29 is 9.21 Å². The zero-order valence-corrected chi connectivity index (χ0v) is 9.21. The summed E-state index contributed by atoms with van der Waals surface area (Å²) < 4.78 is 4.94. The topological polar surface area (TPSA) is 42.2 Å². The second-order valence-corrected chi connectivity index (χ2v) is 3.89. The smallest absolute Gasteiger partial charge is 0.287 e. The summed E-state index contributed by atoms with van der Waals surface area (Å²) in [4.78, 5) is 12.4. The number of thiophene rings is 1. The summed E-state index contributed by atoms with van der Waals surface area (Å²) in [6, 6.07) is 7.16. The third kappa shape index (κ3) is 2.75. The van der Waals surface area contributed by atoms with Crippen LogP contribution in [0.5, 0.6) is 0 Å². The van der Waals surface area contributed by atoms with Gasteiger partial charge in [-0.1, -0.05) is 17.9 Å². The minimum atomic E-state index is -0.245. The molecule has 2 aromatic heterocycles. The van der Waals surface area contributed by atoms with Crippen LogP contribution in [0.4, 0.5) is 0 Å². The maximum atomic E-state index is 11.4. The van der Waals surface area contributed by atoms with Crippen LogP contribution in [0.1, 0.15) is 15.4 Å². The van der Waals surface area contributed by atoms with E-state index < -0.39 is 0 Å². The van der Waals surface area contributed by atoms with Gasteiger partial charge in [0, 0.05) is 0 Å². The molecule has 0 saturated heterocycles. The monoisotopic (exact) mass is 231 g/mol. The summed E-state index contributed by atoms with van der Waals surface area (Å²) >= 11 is 1.57. The molecule has 0 unspecified atom stereocenters. The average molecular weight is 231 g/mol. The molecule has 1 amide bonds. The molecule has 2 aromatic rings. The van der Waals surface area contributed by atoms with E-state index in [-0.39, 0.29) is 5.91 Å². The predicted molar refractivity (Wildman–Crippen MR) is 62.2 cm³/mol. The highest BCUT2D eigenvalue weighted by Gasteiger charge is 2.05. The molecule has 0 fully saturated rings. The first kappa shape index (κ1) is 10.5. The summed E-state index contributed by atoms with van der Waals surface area (Å²) in [5.41, 5.74) is 0. The van der Waals surface area contributed by atoms with E-state index in [4.69, 9.17) is 4.42 Å². The normalized spacial score (nSPS) is 9.25. The molecule has 2 rings (SSSR count). The van der Waals surface area contributed by atoms with Crippen molar-refractivity contribution in [2.24, 2.45) is 0 Å². The molecule has 0 aliphatic heterocycles. The number of amides is 1. The predicted octanol–water partition coefficient (Wildman–Crippen LogP) is 2.12. The SMILES string of the molecule is O=C(NCC#Cc1cccs1)c1ccco1. The molecule has 3 nitrogen and oxygen atoms in total. The first-order chi connectivity index (χ1) is 7.86. The quantitative estimate of drug-likeness (QED) is 0.804. The molecular formula is C12H9NO2S. The highest BCUT2D eigenvalue weighted by atomic mass is 32.1. The maximum Gasteiger partial charge on any atom is 0.287 e. The Bertz CT molecular complexity index is 503. The summed E-state index contributed by atoms with van der Waals surface area (Å²) in [6.07, 6.45) is 1.46. The Morgan fingerprint density at radius 3 is 3.06 bits per heavy atom. The second kappa shape index (κ2) is 5.19.